The van der Waals surface area contributed by atoms with E-state index in [1.165, 1.54) is 23.9 Å². The monoisotopic (exact) mass is 366 g/mol. The molecule has 4 rings (SSSR count). The molecule has 3 aromatic rings. The number of thioether (sulfide) groups is 1. The van der Waals surface area contributed by atoms with Crippen molar-refractivity contribution in [1.29, 1.82) is 0 Å². The topological polar surface area (TPSA) is 70.1 Å². The third-order valence-corrected chi connectivity index (χ3v) is 4.91. The van der Waals surface area contributed by atoms with Gasteiger partial charge in [-0.1, -0.05) is 12.1 Å². The lowest BCUT2D eigenvalue weighted by Gasteiger charge is -2.04. The lowest BCUT2D eigenvalue weighted by Crippen LogP contribution is -2.21. The first kappa shape index (κ1) is 16.5. The smallest absolute Gasteiger partial charge is 0.286 e. The minimum absolute atomic E-state index is 0.247. The quantitative estimate of drug-likeness (QED) is 0.694. The van der Waals surface area contributed by atoms with Crippen LogP contribution in [-0.2, 0) is 11.2 Å². The molecule has 1 aliphatic rings. The van der Waals surface area contributed by atoms with E-state index in [2.05, 4.69) is 20.3 Å². The van der Waals surface area contributed by atoms with E-state index in [-0.39, 0.29) is 11.7 Å². The molecule has 0 atom stereocenters. The predicted octanol–water partition coefficient (Wildman–Crippen LogP) is 3.50. The highest BCUT2D eigenvalue weighted by Crippen LogP contribution is 2.29. The molecule has 1 aromatic carbocycles. The van der Waals surface area contributed by atoms with Gasteiger partial charge < -0.3 is 10.3 Å². The molecule has 7 heteroatoms. The van der Waals surface area contributed by atoms with Crippen LogP contribution in [0, 0.1) is 5.82 Å². The van der Waals surface area contributed by atoms with Gasteiger partial charge in [0, 0.05) is 29.9 Å². The van der Waals surface area contributed by atoms with Crippen molar-refractivity contribution in [2.45, 2.75) is 6.42 Å². The molecule has 1 aliphatic heterocycles. The van der Waals surface area contributed by atoms with Gasteiger partial charge in [-0.05, 0) is 54.1 Å². The molecule has 1 amide bonds. The van der Waals surface area contributed by atoms with Crippen molar-refractivity contribution in [3.05, 3.63) is 70.6 Å². The molecule has 0 aliphatic carbocycles. The van der Waals surface area contributed by atoms with Gasteiger partial charge in [-0.3, -0.25) is 4.79 Å². The molecular weight excluding hydrogens is 351 g/mol. The van der Waals surface area contributed by atoms with Gasteiger partial charge in [-0.25, -0.2) is 9.37 Å². The van der Waals surface area contributed by atoms with Crippen molar-refractivity contribution >= 4 is 39.9 Å². The number of carbonyl (C=O) groups excluding carboxylic acids is 1. The van der Waals surface area contributed by atoms with Gasteiger partial charge in [0.1, 0.15) is 11.5 Å². The normalized spacial score (nSPS) is 15.7. The van der Waals surface area contributed by atoms with Crippen LogP contribution in [0.15, 0.2) is 58.7 Å². The SMILES string of the molecule is O=C1N=C(NCCc2cccc(F)c2)S/C1=C\c1c[nH]c2ncccc12. The molecule has 2 aromatic heterocycles. The van der Waals surface area contributed by atoms with Crippen molar-refractivity contribution in [2.75, 3.05) is 6.54 Å². The molecular formula is C19H15FN4OS. The number of rotatable bonds is 4. The third-order valence-electron chi connectivity index (χ3n) is 3.97. The second-order valence-corrected chi connectivity index (χ2v) is 6.81. The minimum Gasteiger partial charge on any atom is -0.364 e. The first-order chi connectivity index (χ1) is 12.7. The number of halogens is 1. The first-order valence-corrected chi connectivity index (χ1v) is 8.94. The van der Waals surface area contributed by atoms with Crippen LogP contribution in [0.25, 0.3) is 17.1 Å². The van der Waals surface area contributed by atoms with Crippen LogP contribution < -0.4 is 5.32 Å². The van der Waals surface area contributed by atoms with Crippen molar-refractivity contribution in [2.24, 2.45) is 4.99 Å². The standard InChI is InChI=1S/C19H15FN4OS/c20-14-4-1-3-12(9-14)6-8-22-19-24-18(25)16(26-19)10-13-11-23-17-15(13)5-2-7-21-17/h1-5,7,9-11H,6,8H2,(H,21,23)(H,22,24,25)/b16-10-. The minimum atomic E-state index is -0.263. The molecule has 0 radical (unpaired) electrons. The van der Waals surface area contributed by atoms with Crippen LogP contribution in [0.2, 0.25) is 0 Å². The number of pyridine rings is 1. The van der Waals surface area contributed by atoms with Gasteiger partial charge in [-0.2, -0.15) is 4.99 Å². The Morgan fingerprint density at radius 3 is 3.08 bits per heavy atom. The average Bonchev–Trinajstić information content (AvgIpc) is 3.19. The summed E-state index contributed by atoms with van der Waals surface area (Å²) >= 11 is 1.31. The van der Waals surface area contributed by atoms with Crippen LogP contribution >= 0.6 is 11.8 Å². The van der Waals surface area contributed by atoms with Gasteiger partial charge in [0.2, 0.25) is 0 Å². The molecule has 0 unspecified atom stereocenters. The first-order valence-electron chi connectivity index (χ1n) is 8.12. The summed E-state index contributed by atoms with van der Waals surface area (Å²) in [4.78, 5) is 24.1. The molecule has 2 N–H and O–H groups in total. The van der Waals surface area contributed by atoms with Gasteiger partial charge >= 0.3 is 0 Å². The second-order valence-electron chi connectivity index (χ2n) is 5.78. The number of fused-ring (bicyclic) bond motifs is 1. The van der Waals surface area contributed by atoms with E-state index in [1.807, 2.05) is 30.5 Å². The maximum Gasteiger partial charge on any atom is 0.286 e. The highest BCUT2D eigenvalue weighted by atomic mass is 32.2. The molecule has 26 heavy (non-hydrogen) atoms. The van der Waals surface area contributed by atoms with Gasteiger partial charge in [0.05, 0.1) is 4.91 Å². The summed E-state index contributed by atoms with van der Waals surface area (Å²) in [5.41, 5.74) is 2.58. The number of carbonyl (C=O) groups is 1. The fraction of sp³-hybridized carbons (Fsp3) is 0.105. The summed E-state index contributed by atoms with van der Waals surface area (Å²) in [6, 6.07) is 10.3. The summed E-state index contributed by atoms with van der Waals surface area (Å²) in [5.74, 6) is -0.509. The Kier molecular flexibility index (Phi) is 4.53. The van der Waals surface area contributed by atoms with Crippen LogP contribution in [-0.4, -0.2) is 27.6 Å². The Labute approximate surface area is 153 Å². The van der Waals surface area contributed by atoms with E-state index in [4.69, 9.17) is 0 Å². The fourth-order valence-corrected chi connectivity index (χ4v) is 3.56. The second kappa shape index (κ2) is 7.13. The summed E-state index contributed by atoms with van der Waals surface area (Å²) < 4.78 is 13.2. The van der Waals surface area contributed by atoms with Crippen molar-refractivity contribution < 1.29 is 9.18 Å². The Balaban J connectivity index is 1.40. The summed E-state index contributed by atoms with van der Waals surface area (Å²) in [5, 5.41) is 4.66. The lowest BCUT2D eigenvalue weighted by molar-refractivity contribution is -0.113. The molecule has 0 spiro atoms. The third kappa shape index (κ3) is 3.52. The van der Waals surface area contributed by atoms with E-state index in [9.17, 15) is 9.18 Å². The highest BCUT2D eigenvalue weighted by Gasteiger charge is 2.22. The Morgan fingerprint density at radius 2 is 2.19 bits per heavy atom. The highest BCUT2D eigenvalue weighted by molar-refractivity contribution is 8.18. The molecule has 0 bridgehead atoms. The number of nitrogens with one attached hydrogen (secondary N) is 2. The number of amides is 1. The zero-order chi connectivity index (χ0) is 17.9. The van der Waals surface area contributed by atoms with E-state index in [1.54, 1.807) is 12.3 Å². The lowest BCUT2D eigenvalue weighted by atomic mass is 10.1. The molecule has 130 valence electrons. The number of hydrogen-bond acceptors (Lipinski definition) is 4. The summed E-state index contributed by atoms with van der Waals surface area (Å²) in [6.45, 7) is 0.576. The number of amidine groups is 1. The molecule has 5 nitrogen and oxygen atoms in total. The van der Waals surface area contributed by atoms with Crippen LogP contribution in [0.5, 0.6) is 0 Å². The van der Waals surface area contributed by atoms with E-state index in [0.29, 0.717) is 23.0 Å². The Bertz CT molecular complexity index is 1040. The van der Waals surface area contributed by atoms with Gasteiger partial charge in [0.15, 0.2) is 5.17 Å². The molecule has 0 saturated heterocycles. The van der Waals surface area contributed by atoms with Crippen molar-refractivity contribution in [1.82, 2.24) is 15.3 Å². The molecule has 0 fully saturated rings. The van der Waals surface area contributed by atoms with E-state index < -0.39 is 0 Å². The van der Waals surface area contributed by atoms with Crippen LogP contribution in [0.3, 0.4) is 0 Å². The number of H-pyrrole nitrogens is 1. The van der Waals surface area contributed by atoms with Crippen molar-refractivity contribution in [3.63, 3.8) is 0 Å². The van der Waals surface area contributed by atoms with Gasteiger partial charge in [-0.15, -0.1) is 0 Å². The molecule has 0 saturated carbocycles. The van der Waals surface area contributed by atoms with E-state index in [0.717, 1.165) is 22.2 Å². The number of benzene rings is 1. The Morgan fingerprint density at radius 1 is 1.27 bits per heavy atom. The maximum atomic E-state index is 13.2. The number of hydrogen-bond donors (Lipinski definition) is 2. The largest absolute Gasteiger partial charge is 0.364 e. The van der Waals surface area contributed by atoms with Crippen LogP contribution in [0.1, 0.15) is 11.1 Å². The number of aliphatic imine (C=N–C) groups is 1. The zero-order valence-electron chi connectivity index (χ0n) is 13.7. The average molecular weight is 366 g/mol. The summed E-state index contributed by atoms with van der Waals surface area (Å²) in [6.07, 6.45) is 6.01. The fourth-order valence-electron chi connectivity index (χ4n) is 2.73. The number of aromatic amines is 1. The van der Waals surface area contributed by atoms with Gasteiger partial charge in [0.25, 0.3) is 5.91 Å². The van der Waals surface area contributed by atoms with Crippen molar-refractivity contribution in [3.8, 4) is 0 Å². The predicted molar refractivity (Wildman–Crippen MR) is 102 cm³/mol. The summed E-state index contributed by atoms with van der Waals surface area (Å²) in [7, 11) is 0. The maximum absolute atomic E-state index is 13.2. The van der Waals surface area contributed by atoms with Crippen LogP contribution in [0.4, 0.5) is 4.39 Å². The Hall–Kier alpha value is -2.93. The zero-order valence-corrected chi connectivity index (χ0v) is 14.5. The number of nitrogens with zero attached hydrogens (tertiary/aromatic N) is 2. The molecule has 3 heterocycles. The number of aromatic nitrogens is 2. The van der Waals surface area contributed by atoms with E-state index >= 15 is 0 Å².